The number of ether oxygens (including phenoxy) is 1. The van der Waals surface area contributed by atoms with Crippen LogP contribution in [0.4, 0.5) is 0 Å². The van der Waals surface area contributed by atoms with Crippen LogP contribution >= 0.6 is 23.1 Å². The number of esters is 1. The number of nitrogens with one attached hydrogen (secondary N) is 1. The van der Waals surface area contributed by atoms with Gasteiger partial charge in [-0.1, -0.05) is 11.8 Å². The Labute approximate surface area is 160 Å². The van der Waals surface area contributed by atoms with Crippen LogP contribution in [0.3, 0.4) is 0 Å². The quantitative estimate of drug-likeness (QED) is 0.784. The number of aliphatic imine (C=N–C) groups is 1. The van der Waals surface area contributed by atoms with Gasteiger partial charge in [-0.15, -0.1) is 0 Å². The Morgan fingerprint density at radius 3 is 2.88 bits per heavy atom. The molecule has 4 rings (SSSR count). The minimum Gasteiger partial charge on any atom is -0.466 e. The first-order valence-electron chi connectivity index (χ1n) is 8.42. The molecule has 136 valence electrons. The topological polar surface area (TPSA) is 71.0 Å². The summed E-state index contributed by atoms with van der Waals surface area (Å²) in [5.41, 5.74) is 3.03. The summed E-state index contributed by atoms with van der Waals surface area (Å²) >= 11 is 3.06. The first kappa shape index (κ1) is 17.4. The van der Waals surface area contributed by atoms with Crippen LogP contribution in [0.15, 0.2) is 44.2 Å². The molecule has 1 N–H and O–H groups in total. The second-order valence-electron chi connectivity index (χ2n) is 6.46. The number of hydrogen-bond acceptors (Lipinski definition) is 7. The summed E-state index contributed by atoms with van der Waals surface area (Å²) in [7, 11) is 1.38. The Morgan fingerprint density at radius 2 is 2.23 bits per heavy atom. The third-order valence-electron chi connectivity index (χ3n) is 4.55. The fourth-order valence-corrected chi connectivity index (χ4v) is 4.80. The van der Waals surface area contributed by atoms with Gasteiger partial charge in [0, 0.05) is 11.7 Å². The van der Waals surface area contributed by atoms with Crippen LogP contribution in [-0.4, -0.2) is 35.1 Å². The van der Waals surface area contributed by atoms with E-state index >= 15 is 0 Å². The molecule has 1 aromatic rings. The molecular formula is C18H19N3O3S2. The van der Waals surface area contributed by atoms with Crippen molar-refractivity contribution in [3.8, 4) is 0 Å². The Hall–Kier alpha value is -2.06. The summed E-state index contributed by atoms with van der Waals surface area (Å²) < 4.78 is 5.02. The second kappa shape index (κ2) is 6.92. The molecule has 1 unspecified atom stereocenters. The molecule has 1 fully saturated rings. The van der Waals surface area contributed by atoms with Crippen LogP contribution in [0.25, 0.3) is 0 Å². The summed E-state index contributed by atoms with van der Waals surface area (Å²) in [5, 5.41) is 9.78. The predicted octanol–water partition coefficient (Wildman–Crippen LogP) is 3.16. The molecule has 0 aromatic carbocycles. The fraction of sp³-hybridized carbons (Fsp3) is 0.389. The molecule has 1 amide bonds. The molecule has 2 aliphatic heterocycles. The molecule has 3 aliphatic rings. The summed E-state index contributed by atoms with van der Waals surface area (Å²) in [6, 6.07) is 2.00. The van der Waals surface area contributed by atoms with Gasteiger partial charge in [-0.25, -0.2) is 9.79 Å². The average Bonchev–Trinajstić information content (AvgIpc) is 3.10. The monoisotopic (exact) mass is 389 g/mol. The van der Waals surface area contributed by atoms with Crippen LogP contribution in [0.2, 0.25) is 0 Å². The predicted molar refractivity (Wildman–Crippen MR) is 103 cm³/mol. The Bertz CT molecular complexity index is 838. The fourth-order valence-electron chi connectivity index (χ4n) is 3.16. The molecule has 0 bridgehead atoms. The van der Waals surface area contributed by atoms with Gasteiger partial charge in [0.2, 0.25) is 5.91 Å². The van der Waals surface area contributed by atoms with Crippen molar-refractivity contribution in [1.29, 1.82) is 0 Å². The van der Waals surface area contributed by atoms with Gasteiger partial charge in [-0.3, -0.25) is 4.79 Å². The molecule has 26 heavy (non-hydrogen) atoms. The highest BCUT2D eigenvalue weighted by atomic mass is 32.2. The van der Waals surface area contributed by atoms with Gasteiger partial charge in [-0.05, 0) is 47.6 Å². The first-order valence-corrected chi connectivity index (χ1v) is 10.2. The molecule has 0 saturated heterocycles. The van der Waals surface area contributed by atoms with Crippen molar-refractivity contribution in [2.24, 2.45) is 4.99 Å². The zero-order valence-electron chi connectivity index (χ0n) is 14.5. The molecule has 6 nitrogen and oxygen atoms in total. The van der Waals surface area contributed by atoms with Gasteiger partial charge in [0.25, 0.3) is 0 Å². The number of amidine groups is 1. The third kappa shape index (κ3) is 3.19. The number of nitrogens with zero attached hydrogens (tertiary/aromatic N) is 2. The minimum atomic E-state index is -0.389. The number of carbonyl (C=O) groups is 2. The van der Waals surface area contributed by atoms with Gasteiger partial charge in [0.1, 0.15) is 0 Å². The molecule has 1 aromatic heterocycles. The van der Waals surface area contributed by atoms with Crippen LogP contribution in [0.1, 0.15) is 37.8 Å². The highest BCUT2D eigenvalue weighted by Crippen LogP contribution is 2.45. The Balaban J connectivity index is 1.68. The van der Waals surface area contributed by atoms with Crippen LogP contribution in [0, 0.1) is 0 Å². The van der Waals surface area contributed by atoms with E-state index < -0.39 is 0 Å². The van der Waals surface area contributed by atoms with E-state index in [-0.39, 0.29) is 24.3 Å². The maximum absolute atomic E-state index is 12.5. The van der Waals surface area contributed by atoms with Gasteiger partial charge in [0.15, 0.2) is 5.17 Å². The Kier molecular flexibility index (Phi) is 4.62. The SMILES string of the molecule is COC(=O)C1=C(C)N=C2SC=C(CC(=O)NC3CC3)N2C1c1ccsc1. The van der Waals surface area contributed by atoms with Crippen molar-refractivity contribution in [2.45, 2.75) is 38.3 Å². The lowest BCUT2D eigenvalue weighted by molar-refractivity contribution is -0.136. The number of fused-ring (bicyclic) bond motifs is 1. The van der Waals surface area contributed by atoms with E-state index in [1.54, 1.807) is 11.3 Å². The largest absolute Gasteiger partial charge is 0.466 e. The average molecular weight is 390 g/mol. The zero-order valence-corrected chi connectivity index (χ0v) is 16.2. The van der Waals surface area contributed by atoms with E-state index in [9.17, 15) is 9.59 Å². The lowest BCUT2D eigenvalue weighted by Crippen LogP contribution is -2.38. The molecule has 1 saturated carbocycles. The molecule has 1 atom stereocenters. The molecule has 1 aliphatic carbocycles. The highest BCUT2D eigenvalue weighted by Gasteiger charge is 2.41. The van der Waals surface area contributed by atoms with Gasteiger partial charge < -0.3 is 15.0 Å². The maximum atomic E-state index is 12.5. The van der Waals surface area contributed by atoms with Crippen LogP contribution in [0.5, 0.6) is 0 Å². The van der Waals surface area contributed by atoms with Gasteiger partial charge in [-0.2, -0.15) is 11.3 Å². The minimum absolute atomic E-state index is 0.00978. The summed E-state index contributed by atoms with van der Waals surface area (Å²) in [6.45, 7) is 1.83. The van der Waals surface area contributed by atoms with E-state index in [0.29, 0.717) is 17.3 Å². The van der Waals surface area contributed by atoms with Crippen molar-refractivity contribution in [3.05, 3.63) is 44.8 Å². The second-order valence-corrected chi connectivity index (χ2v) is 8.08. The van der Waals surface area contributed by atoms with Crippen molar-refractivity contribution in [2.75, 3.05) is 7.11 Å². The smallest absolute Gasteiger partial charge is 0.338 e. The number of methoxy groups -OCH3 is 1. The number of rotatable bonds is 5. The highest BCUT2D eigenvalue weighted by molar-refractivity contribution is 8.16. The normalized spacial score (nSPS) is 21.9. The summed E-state index contributed by atoms with van der Waals surface area (Å²) in [6.07, 6.45) is 2.39. The van der Waals surface area contributed by atoms with Gasteiger partial charge >= 0.3 is 5.97 Å². The first-order chi connectivity index (χ1) is 12.6. The molecule has 8 heteroatoms. The van der Waals surface area contributed by atoms with E-state index in [4.69, 9.17) is 4.74 Å². The van der Waals surface area contributed by atoms with Crippen LogP contribution in [-0.2, 0) is 14.3 Å². The lowest BCUT2D eigenvalue weighted by atomic mass is 9.96. The van der Waals surface area contributed by atoms with Gasteiger partial charge in [0.05, 0.1) is 30.8 Å². The Morgan fingerprint density at radius 1 is 1.42 bits per heavy atom. The maximum Gasteiger partial charge on any atom is 0.338 e. The molecule has 3 heterocycles. The summed E-state index contributed by atoms with van der Waals surface area (Å²) in [5.74, 6) is -0.379. The number of amides is 1. The lowest BCUT2D eigenvalue weighted by Gasteiger charge is -2.35. The van der Waals surface area contributed by atoms with Crippen molar-refractivity contribution in [3.63, 3.8) is 0 Å². The molecule has 0 radical (unpaired) electrons. The van der Waals surface area contributed by atoms with E-state index in [2.05, 4.69) is 10.3 Å². The number of thioether (sulfide) groups is 1. The third-order valence-corrected chi connectivity index (χ3v) is 6.14. The van der Waals surface area contributed by atoms with E-state index in [1.165, 1.54) is 18.9 Å². The number of thiophene rings is 1. The van der Waals surface area contributed by atoms with Crippen molar-refractivity contribution >= 4 is 40.1 Å². The van der Waals surface area contributed by atoms with Crippen molar-refractivity contribution < 1.29 is 14.3 Å². The molecular weight excluding hydrogens is 370 g/mol. The van der Waals surface area contributed by atoms with E-state index in [0.717, 1.165) is 29.3 Å². The number of allylic oxidation sites excluding steroid dienone is 1. The number of hydrogen-bond donors (Lipinski definition) is 1. The zero-order chi connectivity index (χ0) is 18.3. The van der Waals surface area contributed by atoms with Crippen molar-refractivity contribution in [1.82, 2.24) is 10.2 Å². The number of carbonyl (C=O) groups excluding carboxylic acids is 2. The molecule has 0 spiro atoms. The summed E-state index contributed by atoms with van der Waals surface area (Å²) in [4.78, 5) is 31.4. The van der Waals surface area contributed by atoms with E-state index in [1.807, 2.05) is 34.1 Å². The standard InChI is InChI=1S/C18H19N3O3S2/c1-10-15(17(23)24-2)16(11-5-6-25-8-11)21-13(9-26-18(21)19-10)7-14(22)20-12-3-4-12/h5-6,8-9,12,16H,3-4,7H2,1-2H3,(H,20,22). The van der Waals surface area contributed by atoms with Crippen LogP contribution < -0.4 is 5.32 Å².